The van der Waals surface area contributed by atoms with Gasteiger partial charge in [-0.25, -0.2) is 4.79 Å². The Bertz CT molecular complexity index is 913. The van der Waals surface area contributed by atoms with Crippen LogP contribution in [-0.2, 0) is 26.9 Å². The normalized spacial score (nSPS) is 12.0. The number of ether oxygens (including phenoxy) is 1. The van der Waals surface area contributed by atoms with Crippen molar-refractivity contribution in [2.45, 2.75) is 25.6 Å². The lowest BCUT2D eigenvalue weighted by molar-refractivity contribution is -0.144. The highest BCUT2D eigenvalue weighted by Gasteiger charge is 2.34. The van der Waals surface area contributed by atoms with Crippen LogP contribution < -0.4 is 10.6 Å². The second kappa shape index (κ2) is 9.22. The van der Waals surface area contributed by atoms with E-state index in [1.165, 1.54) is 43.3 Å². The number of carbonyl (C=O) groups excluding carboxylic acids is 3. The van der Waals surface area contributed by atoms with Crippen molar-refractivity contribution >= 4 is 23.5 Å². The third kappa shape index (κ3) is 6.06. The van der Waals surface area contributed by atoms with E-state index >= 15 is 0 Å². The number of halogens is 3. The standard InChI is InChI=1S/C20H19F3N2O4/c1-12(26)24-15-8-5-7-14(10-15)18(27)25-17(19(28)29-2)11-13-6-3-4-9-16(13)20(21,22)23/h3-10,17H,11H2,1-2H3,(H,24,26)(H,25,27)/t17-/m0/s1. The number of carbonyl (C=O) groups is 3. The average molecular weight is 408 g/mol. The first-order chi connectivity index (χ1) is 13.6. The number of anilines is 1. The maximum Gasteiger partial charge on any atom is 0.416 e. The summed E-state index contributed by atoms with van der Waals surface area (Å²) in [4.78, 5) is 35.8. The number of hydrogen-bond acceptors (Lipinski definition) is 4. The monoisotopic (exact) mass is 408 g/mol. The number of amides is 2. The minimum atomic E-state index is -4.60. The number of nitrogens with one attached hydrogen (secondary N) is 2. The lowest BCUT2D eigenvalue weighted by atomic mass is 9.99. The maximum absolute atomic E-state index is 13.2. The van der Waals surface area contributed by atoms with E-state index in [0.717, 1.165) is 13.2 Å². The molecule has 0 unspecified atom stereocenters. The first-order valence-electron chi connectivity index (χ1n) is 8.53. The molecular formula is C20H19F3N2O4. The molecule has 0 radical (unpaired) electrons. The van der Waals surface area contributed by atoms with Gasteiger partial charge >= 0.3 is 12.1 Å². The van der Waals surface area contributed by atoms with Gasteiger partial charge in [0.2, 0.25) is 5.91 Å². The molecule has 6 nitrogen and oxygen atoms in total. The molecule has 2 amide bonds. The number of rotatable bonds is 6. The number of alkyl halides is 3. The molecule has 2 aromatic carbocycles. The third-order valence-corrected chi connectivity index (χ3v) is 3.98. The van der Waals surface area contributed by atoms with E-state index in [-0.39, 0.29) is 17.0 Å². The van der Waals surface area contributed by atoms with E-state index in [1.54, 1.807) is 6.07 Å². The molecule has 2 aromatic rings. The minimum absolute atomic E-state index is 0.120. The highest BCUT2D eigenvalue weighted by molar-refractivity contribution is 5.98. The molecule has 1 atom stereocenters. The molecule has 0 aliphatic heterocycles. The van der Waals surface area contributed by atoms with E-state index in [2.05, 4.69) is 15.4 Å². The third-order valence-electron chi connectivity index (χ3n) is 3.98. The fourth-order valence-corrected chi connectivity index (χ4v) is 2.71. The zero-order chi connectivity index (χ0) is 21.6. The van der Waals surface area contributed by atoms with E-state index in [4.69, 9.17) is 0 Å². The first kappa shape index (κ1) is 21.9. The van der Waals surface area contributed by atoms with E-state index in [0.29, 0.717) is 5.69 Å². The Hall–Kier alpha value is -3.36. The summed E-state index contributed by atoms with van der Waals surface area (Å²) in [6.45, 7) is 1.30. The molecule has 2 N–H and O–H groups in total. The molecular weight excluding hydrogens is 389 g/mol. The van der Waals surface area contributed by atoms with Gasteiger partial charge in [-0.3, -0.25) is 9.59 Å². The fraction of sp³-hybridized carbons (Fsp3) is 0.250. The van der Waals surface area contributed by atoms with Crippen LogP contribution in [0.25, 0.3) is 0 Å². The van der Waals surface area contributed by atoms with Crippen molar-refractivity contribution in [3.8, 4) is 0 Å². The van der Waals surface area contributed by atoms with Crippen LogP contribution in [0.3, 0.4) is 0 Å². The number of hydrogen-bond donors (Lipinski definition) is 2. The molecule has 2 rings (SSSR count). The van der Waals surface area contributed by atoms with Gasteiger partial charge < -0.3 is 15.4 Å². The summed E-state index contributed by atoms with van der Waals surface area (Å²) < 4.78 is 44.3. The summed E-state index contributed by atoms with van der Waals surface area (Å²) in [5.41, 5.74) is -0.560. The molecule has 0 saturated heterocycles. The molecule has 0 bridgehead atoms. The zero-order valence-corrected chi connectivity index (χ0v) is 15.7. The number of esters is 1. The van der Waals surface area contributed by atoms with Gasteiger partial charge in [-0.15, -0.1) is 0 Å². The van der Waals surface area contributed by atoms with Crippen molar-refractivity contribution in [1.29, 1.82) is 0 Å². The highest BCUT2D eigenvalue weighted by Crippen LogP contribution is 2.32. The lowest BCUT2D eigenvalue weighted by Gasteiger charge is -2.19. The van der Waals surface area contributed by atoms with Crippen LogP contribution in [0.15, 0.2) is 48.5 Å². The Balaban J connectivity index is 2.26. The van der Waals surface area contributed by atoms with Crippen molar-refractivity contribution in [2.24, 2.45) is 0 Å². The SMILES string of the molecule is COC(=O)[C@H](Cc1ccccc1C(F)(F)F)NC(=O)c1cccc(NC(C)=O)c1. The largest absolute Gasteiger partial charge is 0.467 e. The van der Waals surface area contributed by atoms with Crippen LogP contribution in [0.4, 0.5) is 18.9 Å². The summed E-state index contributed by atoms with van der Waals surface area (Å²) in [6.07, 6.45) is -5.01. The second-order valence-corrected chi connectivity index (χ2v) is 6.17. The predicted octanol–water partition coefficient (Wildman–Crippen LogP) is 3.18. The van der Waals surface area contributed by atoms with Crippen molar-refractivity contribution in [1.82, 2.24) is 5.32 Å². The van der Waals surface area contributed by atoms with Crippen LogP contribution in [-0.4, -0.2) is 30.9 Å². The molecule has 0 heterocycles. The number of methoxy groups -OCH3 is 1. The molecule has 154 valence electrons. The quantitative estimate of drug-likeness (QED) is 0.719. The van der Waals surface area contributed by atoms with Gasteiger partial charge in [-0.2, -0.15) is 13.2 Å². The Morgan fingerprint density at radius 2 is 1.76 bits per heavy atom. The maximum atomic E-state index is 13.2. The average Bonchev–Trinajstić information content (AvgIpc) is 2.66. The summed E-state index contributed by atoms with van der Waals surface area (Å²) in [6, 6.07) is 9.38. The topological polar surface area (TPSA) is 84.5 Å². The van der Waals surface area contributed by atoms with Gasteiger partial charge in [0.1, 0.15) is 6.04 Å². The first-order valence-corrected chi connectivity index (χ1v) is 8.53. The van der Waals surface area contributed by atoms with Crippen LogP contribution in [0.2, 0.25) is 0 Å². The summed E-state index contributed by atoms with van der Waals surface area (Å²) in [5.74, 6) is -1.91. The van der Waals surface area contributed by atoms with E-state index < -0.39 is 36.1 Å². The van der Waals surface area contributed by atoms with E-state index in [9.17, 15) is 27.6 Å². The van der Waals surface area contributed by atoms with Gasteiger partial charge in [0, 0.05) is 24.6 Å². The van der Waals surface area contributed by atoms with Crippen LogP contribution in [0.1, 0.15) is 28.4 Å². The Morgan fingerprint density at radius 3 is 2.38 bits per heavy atom. The molecule has 0 spiro atoms. The van der Waals surface area contributed by atoms with Crippen LogP contribution in [0.5, 0.6) is 0 Å². The predicted molar refractivity (Wildman–Crippen MR) is 99.2 cm³/mol. The Kier molecular flexibility index (Phi) is 6.98. The van der Waals surface area contributed by atoms with Gasteiger partial charge in [-0.05, 0) is 29.8 Å². The van der Waals surface area contributed by atoms with Crippen molar-refractivity contribution in [3.05, 3.63) is 65.2 Å². The van der Waals surface area contributed by atoms with E-state index in [1.807, 2.05) is 0 Å². The molecule has 0 aliphatic carbocycles. The molecule has 0 aromatic heterocycles. The molecule has 0 fully saturated rings. The van der Waals surface area contributed by atoms with Crippen molar-refractivity contribution in [3.63, 3.8) is 0 Å². The molecule has 0 saturated carbocycles. The smallest absolute Gasteiger partial charge is 0.416 e. The fourth-order valence-electron chi connectivity index (χ4n) is 2.71. The Labute approximate surface area is 165 Å². The van der Waals surface area contributed by atoms with Crippen molar-refractivity contribution in [2.75, 3.05) is 12.4 Å². The second-order valence-electron chi connectivity index (χ2n) is 6.17. The lowest BCUT2D eigenvalue weighted by Crippen LogP contribution is -2.43. The summed E-state index contributed by atoms with van der Waals surface area (Å²) in [5, 5.41) is 4.91. The molecule has 9 heteroatoms. The summed E-state index contributed by atoms with van der Waals surface area (Å²) in [7, 11) is 1.08. The van der Waals surface area contributed by atoms with Gasteiger partial charge in [-0.1, -0.05) is 24.3 Å². The minimum Gasteiger partial charge on any atom is -0.467 e. The number of benzene rings is 2. The Morgan fingerprint density at radius 1 is 1.07 bits per heavy atom. The van der Waals surface area contributed by atoms with Crippen LogP contribution in [0, 0.1) is 0 Å². The van der Waals surface area contributed by atoms with Gasteiger partial charge in [0.25, 0.3) is 5.91 Å². The van der Waals surface area contributed by atoms with Crippen molar-refractivity contribution < 1.29 is 32.3 Å². The summed E-state index contributed by atoms with van der Waals surface area (Å²) >= 11 is 0. The van der Waals surface area contributed by atoms with Gasteiger partial charge in [0.15, 0.2) is 0 Å². The molecule has 0 aliphatic rings. The van der Waals surface area contributed by atoms with Gasteiger partial charge in [0.05, 0.1) is 12.7 Å². The van der Waals surface area contributed by atoms with Crippen LogP contribution >= 0.6 is 0 Å². The zero-order valence-electron chi connectivity index (χ0n) is 15.7. The highest BCUT2D eigenvalue weighted by atomic mass is 19.4. The molecule has 29 heavy (non-hydrogen) atoms.